The third-order valence-corrected chi connectivity index (χ3v) is 4.06. The standard InChI is InChI=1S/C16H18N6O/c1-2-13-18-15(21-20-13)11-3-5-12(6-4-11)16-19-14(22-23-16)7-10-8-17-9-10/h3-6,10,17H,2,7-9H2,1H3,(H,18,20,21). The van der Waals surface area contributed by atoms with Gasteiger partial charge >= 0.3 is 0 Å². The summed E-state index contributed by atoms with van der Waals surface area (Å²) in [5.74, 6) is 3.55. The molecule has 4 rings (SSSR count). The minimum absolute atomic E-state index is 0.558. The van der Waals surface area contributed by atoms with Crippen molar-refractivity contribution in [2.75, 3.05) is 13.1 Å². The molecule has 118 valence electrons. The Balaban J connectivity index is 1.51. The van der Waals surface area contributed by atoms with E-state index in [2.05, 4.69) is 30.6 Å². The van der Waals surface area contributed by atoms with Crippen molar-refractivity contribution in [2.45, 2.75) is 19.8 Å². The molecule has 0 atom stereocenters. The quantitative estimate of drug-likeness (QED) is 0.747. The normalized spacial score (nSPS) is 14.8. The molecule has 3 aromatic rings. The molecule has 1 aromatic carbocycles. The zero-order valence-electron chi connectivity index (χ0n) is 12.9. The molecule has 0 aliphatic carbocycles. The van der Waals surface area contributed by atoms with Gasteiger partial charge in [-0.2, -0.15) is 10.1 Å². The molecule has 0 saturated carbocycles. The maximum atomic E-state index is 5.37. The Hall–Kier alpha value is -2.54. The highest BCUT2D eigenvalue weighted by Gasteiger charge is 2.20. The van der Waals surface area contributed by atoms with Crippen molar-refractivity contribution >= 4 is 0 Å². The highest BCUT2D eigenvalue weighted by atomic mass is 16.5. The molecule has 0 amide bonds. The molecule has 2 N–H and O–H groups in total. The van der Waals surface area contributed by atoms with Gasteiger partial charge in [-0.1, -0.05) is 24.2 Å². The Kier molecular flexibility index (Phi) is 3.63. The zero-order chi connectivity index (χ0) is 15.6. The first kappa shape index (κ1) is 14.1. The monoisotopic (exact) mass is 310 g/mol. The number of hydrogen-bond donors (Lipinski definition) is 2. The molecule has 1 aliphatic rings. The van der Waals surface area contributed by atoms with Crippen LogP contribution >= 0.6 is 0 Å². The van der Waals surface area contributed by atoms with E-state index in [9.17, 15) is 0 Å². The van der Waals surface area contributed by atoms with E-state index < -0.39 is 0 Å². The molecule has 0 spiro atoms. The van der Waals surface area contributed by atoms with Crippen LogP contribution in [0.5, 0.6) is 0 Å². The Labute approximate surface area is 133 Å². The fourth-order valence-electron chi connectivity index (χ4n) is 2.55. The van der Waals surface area contributed by atoms with Gasteiger partial charge in [0, 0.05) is 24.0 Å². The number of aromatic amines is 1. The lowest BCUT2D eigenvalue weighted by atomic mass is 9.99. The molecule has 23 heavy (non-hydrogen) atoms. The van der Waals surface area contributed by atoms with E-state index in [0.717, 1.165) is 48.7 Å². The summed E-state index contributed by atoms with van der Waals surface area (Å²) in [7, 11) is 0. The predicted octanol–water partition coefficient (Wildman–Crippen LogP) is 1.85. The maximum absolute atomic E-state index is 5.37. The van der Waals surface area contributed by atoms with E-state index in [1.54, 1.807) is 0 Å². The van der Waals surface area contributed by atoms with Crippen LogP contribution in [0.4, 0.5) is 0 Å². The van der Waals surface area contributed by atoms with Crippen LogP contribution in [0.1, 0.15) is 18.6 Å². The smallest absolute Gasteiger partial charge is 0.257 e. The van der Waals surface area contributed by atoms with Crippen LogP contribution in [0.3, 0.4) is 0 Å². The summed E-state index contributed by atoms with van der Waals surface area (Å²) >= 11 is 0. The van der Waals surface area contributed by atoms with Crippen LogP contribution in [0.15, 0.2) is 28.8 Å². The molecule has 7 nitrogen and oxygen atoms in total. The minimum Gasteiger partial charge on any atom is -0.334 e. The third-order valence-electron chi connectivity index (χ3n) is 4.06. The van der Waals surface area contributed by atoms with E-state index in [1.807, 2.05) is 31.2 Å². The average molecular weight is 310 g/mol. The maximum Gasteiger partial charge on any atom is 0.257 e. The number of aromatic nitrogens is 5. The lowest BCUT2D eigenvalue weighted by Gasteiger charge is -2.25. The van der Waals surface area contributed by atoms with Crippen molar-refractivity contribution in [3.05, 3.63) is 35.9 Å². The Morgan fingerprint density at radius 1 is 1.13 bits per heavy atom. The largest absolute Gasteiger partial charge is 0.334 e. The highest BCUT2D eigenvalue weighted by molar-refractivity contribution is 5.62. The molecule has 1 saturated heterocycles. The summed E-state index contributed by atoms with van der Waals surface area (Å²) < 4.78 is 5.37. The van der Waals surface area contributed by atoms with Crippen molar-refractivity contribution < 1.29 is 4.52 Å². The fraction of sp³-hybridized carbons (Fsp3) is 0.375. The van der Waals surface area contributed by atoms with Gasteiger partial charge in [0.15, 0.2) is 11.6 Å². The van der Waals surface area contributed by atoms with Gasteiger partial charge in [-0.05, 0) is 31.1 Å². The number of benzene rings is 1. The molecule has 0 unspecified atom stereocenters. The Morgan fingerprint density at radius 2 is 1.91 bits per heavy atom. The topological polar surface area (TPSA) is 92.5 Å². The Morgan fingerprint density at radius 3 is 2.57 bits per heavy atom. The average Bonchev–Trinajstić information content (AvgIpc) is 3.20. The van der Waals surface area contributed by atoms with Crippen LogP contribution in [0.25, 0.3) is 22.8 Å². The number of nitrogens with zero attached hydrogens (tertiary/aromatic N) is 4. The number of hydrogen-bond acceptors (Lipinski definition) is 6. The SMILES string of the molecule is CCc1nc(-c2ccc(-c3nc(CC4CNC4)no3)cc2)n[nH]1. The third kappa shape index (κ3) is 2.87. The van der Waals surface area contributed by atoms with Gasteiger partial charge in [0.25, 0.3) is 5.89 Å². The second-order valence-electron chi connectivity index (χ2n) is 5.78. The first-order chi connectivity index (χ1) is 11.3. The van der Waals surface area contributed by atoms with Gasteiger partial charge in [-0.25, -0.2) is 4.98 Å². The lowest BCUT2D eigenvalue weighted by molar-refractivity contribution is 0.333. The van der Waals surface area contributed by atoms with Crippen molar-refractivity contribution in [3.63, 3.8) is 0 Å². The summed E-state index contributed by atoms with van der Waals surface area (Å²) in [6.07, 6.45) is 1.71. The summed E-state index contributed by atoms with van der Waals surface area (Å²) in [6.45, 7) is 4.12. The molecule has 1 aliphatic heterocycles. The second kappa shape index (κ2) is 5.92. The number of aryl methyl sites for hydroxylation is 1. The lowest BCUT2D eigenvalue weighted by Crippen LogP contribution is -2.43. The highest BCUT2D eigenvalue weighted by Crippen LogP contribution is 2.22. The molecule has 3 heterocycles. The zero-order valence-corrected chi connectivity index (χ0v) is 12.9. The molecular formula is C16H18N6O. The summed E-state index contributed by atoms with van der Waals surface area (Å²) in [5, 5.41) is 14.5. The molecule has 7 heteroatoms. The minimum atomic E-state index is 0.558. The van der Waals surface area contributed by atoms with Crippen molar-refractivity contribution in [3.8, 4) is 22.8 Å². The molecule has 0 bridgehead atoms. The fourth-order valence-corrected chi connectivity index (χ4v) is 2.55. The van der Waals surface area contributed by atoms with Crippen LogP contribution in [0, 0.1) is 5.92 Å². The number of H-pyrrole nitrogens is 1. The van der Waals surface area contributed by atoms with Gasteiger partial charge in [0.2, 0.25) is 0 Å². The van der Waals surface area contributed by atoms with Crippen LogP contribution in [-0.4, -0.2) is 38.4 Å². The predicted molar refractivity (Wildman–Crippen MR) is 84.6 cm³/mol. The first-order valence-electron chi connectivity index (χ1n) is 7.87. The van der Waals surface area contributed by atoms with Gasteiger partial charge < -0.3 is 9.84 Å². The van der Waals surface area contributed by atoms with E-state index in [1.165, 1.54) is 0 Å². The van der Waals surface area contributed by atoms with E-state index in [0.29, 0.717) is 17.6 Å². The van der Waals surface area contributed by atoms with Crippen LogP contribution < -0.4 is 5.32 Å². The molecule has 0 radical (unpaired) electrons. The van der Waals surface area contributed by atoms with Gasteiger partial charge in [-0.15, -0.1) is 0 Å². The summed E-state index contributed by atoms with van der Waals surface area (Å²) in [5.41, 5.74) is 1.87. The number of rotatable bonds is 5. The van der Waals surface area contributed by atoms with Crippen molar-refractivity contribution in [1.29, 1.82) is 0 Å². The van der Waals surface area contributed by atoms with Crippen LogP contribution in [-0.2, 0) is 12.8 Å². The number of nitrogens with one attached hydrogen (secondary N) is 2. The second-order valence-corrected chi connectivity index (χ2v) is 5.78. The molecule has 1 fully saturated rings. The van der Waals surface area contributed by atoms with E-state index in [-0.39, 0.29) is 0 Å². The van der Waals surface area contributed by atoms with Gasteiger partial charge in [0.05, 0.1) is 0 Å². The summed E-state index contributed by atoms with van der Waals surface area (Å²) in [6, 6.07) is 7.86. The van der Waals surface area contributed by atoms with Crippen molar-refractivity contribution in [2.24, 2.45) is 5.92 Å². The first-order valence-corrected chi connectivity index (χ1v) is 7.87. The van der Waals surface area contributed by atoms with E-state index >= 15 is 0 Å². The van der Waals surface area contributed by atoms with Crippen molar-refractivity contribution in [1.82, 2.24) is 30.6 Å². The van der Waals surface area contributed by atoms with Gasteiger partial charge in [-0.3, -0.25) is 5.10 Å². The molecule has 2 aromatic heterocycles. The molecular weight excluding hydrogens is 292 g/mol. The van der Waals surface area contributed by atoms with Crippen LogP contribution in [0.2, 0.25) is 0 Å². The summed E-state index contributed by atoms with van der Waals surface area (Å²) in [4.78, 5) is 8.91. The van der Waals surface area contributed by atoms with E-state index in [4.69, 9.17) is 4.52 Å². The van der Waals surface area contributed by atoms with Gasteiger partial charge in [0.1, 0.15) is 5.82 Å². The Bertz CT molecular complexity index is 787.